The van der Waals surface area contributed by atoms with Crippen molar-refractivity contribution in [2.24, 2.45) is 11.7 Å². The van der Waals surface area contributed by atoms with E-state index in [4.69, 9.17) is 19.9 Å². The van der Waals surface area contributed by atoms with Crippen molar-refractivity contribution in [3.63, 3.8) is 0 Å². The zero-order valence-corrected chi connectivity index (χ0v) is 16.1. The second kappa shape index (κ2) is 8.89. The van der Waals surface area contributed by atoms with Crippen LogP contribution < -0.4 is 25.2 Å². The number of ether oxygens (including phenoxy) is 3. The first-order chi connectivity index (χ1) is 13.1. The van der Waals surface area contributed by atoms with E-state index in [-0.39, 0.29) is 17.3 Å². The summed E-state index contributed by atoms with van der Waals surface area (Å²) in [5.74, 6) is -1.70. The number of carbonyl (C=O) groups excluding carboxylic acids is 3. The first kappa shape index (κ1) is 21.4. The van der Waals surface area contributed by atoms with Gasteiger partial charge in [0.25, 0.3) is 5.91 Å². The number of nitrogens with one attached hydrogen (secondary N) is 2. The molecule has 1 atom stereocenters. The highest BCUT2D eigenvalue weighted by Crippen LogP contribution is 2.32. The number of fused-ring (bicyclic) bond motifs is 1. The Hall–Kier alpha value is -2.86. The monoisotopic (exact) mass is 415 g/mol. The second-order valence-electron chi connectivity index (χ2n) is 6.17. The Morgan fingerprint density at radius 2 is 1.82 bits per heavy atom. The number of sulfonamides is 1. The van der Waals surface area contributed by atoms with Gasteiger partial charge >= 0.3 is 12.0 Å². The first-order valence-electron chi connectivity index (χ1n) is 8.28. The smallest absolute Gasteiger partial charge is 0.324 e. The zero-order chi connectivity index (χ0) is 20.9. The number of carbonyl (C=O) groups is 3. The molecule has 0 fully saturated rings. The summed E-state index contributed by atoms with van der Waals surface area (Å²) in [5.41, 5.74) is 4.78. The van der Waals surface area contributed by atoms with Crippen molar-refractivity contribution in [1.82, 2.24) is 10.0 Å². The fourth-order valence-electron chi connectivity index (χ4n) is 2.28. The molecule has 1 aliphatic heterocycles. The third-order valence-corrected chi connectivity index (χ3v) is 5.07. The van der Waals surface area contributed by atoms with Gasteiger partial charge in [-0.1, -0.05) is 13.8 Å². The predicted molar refractivity (Wildman–Crippen MR) is 95.1 cm³/mol. The minimum Gasteiger partial charge on any atom is -0.486 e. The Labute approximate surface area is 161 Å². The molecule has 2 rings (SSSR count). The Morgan fingerprint density at radius 1 is 1.18 bits per heavy atom. The zero-order valence-electron chi connectivity index (χ0n) is 15.3. The highest BCUT2D eigenvalue weighted by Gasteiger charge is 2.31. The molecule has 3 amide bonds. The fraction of sp³-hybridized carbons (Fsp3) is 0.438. The maximum absolute atomic E-state index is 12.7. The first-order valence-corrected chi connectivity index (χ1v) is 9.76. The van der Waals surface area contributed by atoms with Crippen LogP contribution >= 0.6 is 0 Å². The van der Waals surface area contributed by atoms with E-state index in [1.807, 2.05) is 0 Å². The highest BCUT2D eigenvalue weighted by atomic mass is 32.2. The van der Waals surface area contributed by atoms with Crippen LogP contribution in [0.5, 0.6) is 11.5 Å². The van der Waals surface area contributed by atoms with E-state index in [1.165, 1.54) is 18.2 Å². The van der Waals surface area contributed by atoms with Crippen molar-refractivity contribution in [3.8, 4) is 11.5 Å². The Kier molecular flexibility index (Phi) is 6.80. The van der Waals surface area contributed by atoms with Crippen molar-refractivity contribution < 1.29 is 37.0 Å². The van der Waals surface area contributed by atoms with Crippen LogP contribution in [0.25, 0.3) is 0 Å². The van der Waals surface area contributed by atoms with E-state index in [0.29, 0.717) is 12.4 Å². The molecule has 12 heteroatoms. The number of primary amides is 1. The molecule has 0 radical (unpaired) electrons. The molecule has 1 unspecified atom stereocenters. The van der Waals surface area contributed by atoms with E-state index in [1.54, 1.807) is 19.2 Å². The third-order valence-electron chi connectivity index (χ3n) is 3.63. The summed E-state index contributed by atoms with van der Waals surface area (Å²) >= 11 is 0. The summed E-state index contributed by atoms with van der Waals surface area (Å²) in [6.07, 6.45) is 0. The molecule has 0 aliphatic carbocycles. The molecule has 0 spiro atoms. The quantitative estimate of drug-likeness (QED) is 0.502. The topological polar surface area (TPSA) is 163 Å². The summed E-state index contributed by atoms with van der Waals surface area (Å²) < 4.78 is 43.1. The lowest BCUT2D eigenvalue weighted by Gasteiger charge is -2.22. The molecule has 1 aromatic rings. The molecule has 28 heavy (non-hydrogen) atoms. The number of nitrogens with two attached hydrogens (primary N) is 1. The van der Waals surface area contributed by atoms with Crippen LogP contribution in [0.3, 0.4) is 0 Å². The maximum Gasteiger partial charge on any atom is 0.324 e. The summed E-state index contributed by atoms with van der Waals surface area (Å²) in [6.45, 7) is 3.07. The number of amides is 3. The average molecular weight is 415 g/mol. The molecule has 154 valence electrons. The van der Waals surface area contributed by atoms with Gasteiger partial charge in [-0.3, -0.25) is 14.9 Å². The van der Waals surface area contributed by atoms with Crippen molar-refractivity contribution in [2.75, 3.05) is 19.8 Å². The maximum atomic E-state index is 12.7. The number of hydrogen-bond donors (Lipinski definition) is 3. The van der Waals surface area contributed by atoms with Crippen LogP contribution in [0.2, 0.25) is 0 Å². The molecular formula is C16H21N3O8S. The Morgan fingerprint density at radius 3 is 2.43 bits per heavy atom. The molecular weight excluding hydrogens is 394 g/mol. The van der Waals surface area contributed by atoms with Crippen LogP contribution in [0.1, 0.15) is 13.8 Å². The van der Waals surface area contributed by atoms with Gasteiger partial charge in [-0.05, 0) is 18.1 Å². The molecule has 0 aromatic heterocycles. The van der Waals surface area contributed by atoms with Gasteiger partial charge in [-0.15, -0.1) is 0 Å². The lowest BCUT2D eigenvalue weighted by atomic mass is 10.1. The normalized spacial score (nSPS) is 14.2. The van der Waals surface area contributed by atoms with Gasteiger partial charge in [0.2, 0.25) is 10.0 Å². The largest absolute Gasteiger partial charge is 0.486 e. The van der Waals surface area contributed by atoms with Crippen molar-refractivity contribution in [1.29, 1.82) is 0 Å². The lowest BCUT2D eigenvalue weighted by molar-refractivity contribution is -0.150. The van der Waals surface area contributed by atoms with E-state index >= 15 is 0 Å². The van der Waals surface area contributed by atoms with Crippen LogP contribution in [-0.4, -0.2) is 52.2 Å². The van der Waals surface area contributed by atoms with Gasteiger partial charge in [0.15, 0.2) is 18.1 Å². The van der Waals surface area contributed by atoms with Crippen molar-refractivity contribution >= 4 is 27.9 Å². The number of urea groups is 1. The summed E-state index contributed by atoms with van der Waals surface area (Å²) in [6, 6.07) is 1.71. The lowest BCUT2D eigenvalue weighted by Crippen LogP contribution is -2.46. The van der Waals surface area contributed by atoms with Crippen molar-refractivity contribution in [2.45, 2.75) is 24.8 Å². The molecule has 0 saturated heterocycles. The van der Waals surface area contributed by atoms with Crippen molar-refractivity contribution in [3.05, 3.63) is 18.2 Å². The number of benzene rings is 1. The predicted octanol–water partition coefficient (Wildman–Crippen LogP) is -0.501. The van der Waals surface area contributed by atoms with E-state index < -0.39 is 46.5 Å². The van der Waals surface area contributed by atoms with Gasteiger partial charge in [0.05, 0.1) is 4.90 Å². The molecule has 0 saturated carbocycles. The van der Waals surface area contributed by atoms with Gasteiger partial charge in [0, 0.05) is 6.07 Å². The highest BCUT2D eigenvalue weighted by molar-refractivity contribution is 7.89. The number of rotatable bonds is 7. The third kappa shape index (κ3) is 5.57. The number of hydrogen-bond acceptors (Lipinski definition) is 8. The van der Waals surface area contributed by atoms with E-state index in [2.05, 4.69) is 4.72 Å². The average Bonchev–Trinajstić information content (AvgIpc) is 2.63. The van der Waals surface area contributed by atoms with Gasteiger partial charge in [0.1, 0.15) is 19.3 Å². The molecule has 1 aromatic carbocycles. The fourth-order valence-corrected chi connectivity index (χ4v) is 3.63. The molecule has 4 N–H and O–H groups in total. The second-order valence-corrected chi connectivity index (χ2v) is 7.88. The van der Waals surface area contributed by atoms with Crippen LogP contribution in [-0.2, 0) is 24.3 Å². The minimum atomic E-state index is -4.10. The summed E-state index contributed by atoms with van der Waals surface area (Å²) in [4.78, 5) is 34.0. The van der Waals surface area contributed by atoms with E-state index in [9.17, 15) is 22.8 Å². The molecule has 0 bridgehead atoms. The number of imide groups is 1. The van der Waals surface area contributed by atoms with Crippen LogP contribution in [0.15, 0.2) is 23.1 Å². The Bertz CT molecular complexity index is 869. The van der Waals surface area contributed by atoms with Gasteiger partial charge in [-0.2, -0.15) is 4.72 Å². The van der Waals surface area contributed by atoms with Crippen LogP contribution in [0.4, 0.5) is 4.79 Å². The van der Waals surface area contributed by atoms with Gasteiger partial charge in [-0.25, -0.2) is 13.2 Å². The minimum absolute atomic E-state index is 0.123. The summed E-state index contributed by atoms with van der Waals surface area (Å²) in [5, 5.41) is 1.73. The summed E-state index contributed by atoms with van der Waals surface area (Å²) in [7, 11) is -4.10. The van der Waals surface area contributed by atoms with Gasteiger partial charge < -0.3 is 19.9 Å². The molecule has 1 heterocycles. The Balaban J connectivity index is 2.10. The standard InChI is InChI=1S/C16H21N3O8S/c1-9(2)14(15(21)27-8-13(20)18-16(17)22)19-28(23,24)10-3-4-11-12(7-10)26-6-5-25-11/h3-4,7,9,14,19H,5-6,8H2,1-2H3,(H3,17,18,20,22). The van der Waals surface area contributed by atoms with E-state index in [0.717, 1.165) is 0 Å². The van der Waals surface area contributed by atoms with Crippen LogP contribution in [0, 0.1) is 5.92 Å². The molecule has 11 nitrogen and oxygen atoms in total. The number of esters is 1. The SMILES string of the molecule is CC(C)C(NS(=O)(=O)c1ccc2c(c1)OCCO2)C(=O)OCC(=O)NC(N)=O. The molecule has 1 aliphatic rings.